The van der Waals surface area contributed by atoms with E-state index in [1.54, 1.807) is 0 Å². The molecular weight excluding hydrogens is 124 g/mol. The molecule has 0 saturated carbocycles. The van der Waals surface area contributed by atoms with Crippen LogP contribution in [0.15, 0.2) is 24.3 Å². The van der Waals surface area contributed by atoms with Crippen LogP contribution in [0.3, 0.4) is 0 Å². The van der Waals surface area contributed by atoms with E-state index >= 15 is 0 Å². The zero-order valence-electron chi connectivity index (χ0n) is 6.16. The first-order chi connectivity index (χ1) is 4.89. The second-order valence-corrected chi connectivity index (χ2v) is 2.68. The van der Waals surface area contributed by atoms with Gasteiger partial charge in [-0.25, -0.2) is 0 Å². The Morgan fingerprint density at radius 3 is 2.90 bits per heavy atom. The molecule has 1 aliphatic rings. The second-order valence-electron chi connectivity index (χ2n) is 2.68. The average molecular weight is 138 g/mol. The van der Waals surface area contributed by atoms with Crippen molar-refractivity contribution in [2.75, 3.05) is 0 Å². The molecule has 0 aromatic rings. The van der Waals surface area contributed by atoms with Crippen molar-refractivity contribution in [3.8, 4) is 0 Å². The number of aliphatic hydroxyl groups excluding tert-OH is 1. The van der Waals surface area contributed by atoms with Gasteiger partial charge in [0.2, 0.25) is 0 Å². The largest absolute Gasteiger partial charge is 0.393 e. The highest BCUT2D eigenvalue weighted by molar-refractivity contribution is 5.03. The number of hydrogen-bond acceptors (Lipinski definition) is 1. The molecule has 0 spiro atoms. The maximum absolute atomic E-state index is 9.26. The summed E-state index contributed by atoms with van der Waals surface area (Å²) in [5, 5.41) is 9.26. The molecule has 0 aromatic carbocycles. The highest BCUT2D eigenvalue weighted by atomic mass is 16.3. The summed E-state index contributed by atoms with van der Waals surface area (Å²) in [7, 11) is 0. The van der Waals surface area contributed by atoms with Crippen LogP contribution in [0.4, 0.5) is 0 Å². The van der Waals surface area contributed by atoms with Gasteiger partial charge in [0, 0.05) is 0 Å². The average Bonchev–Trinajstić information content (AvgIpc) is 2.02. The fourth-order valence-electron chi connectivity index (χ4n) is 1.08. The summed E-state index contributed by atoms with van der Waals surface area (Å²) in [6.07, 6.45) is 12.1. The van der Waals surface area contributed by atoms with Gasteiger partial charge >= 0.3 is 0 Å². The van der Waals surface area contributed by atoms with Gasteiger partial charge in [0.25, 0.3) is 0 Å². The Morgan fingerprint density at radius 2 is 2.00 bits per heavy atom. The maximum Gasteiger partial charge on any atom is 0.0574 e. The normalized spacial score (nSPS) is 33.5. The van der Waals surface area contributed by atoms with Crippen LogP contribution in [0, 0.1) is 0 Å². The molecule has 0 amide bonds. The van der Waals surface area contributed by atoms with Gasteiger partial charge in [0.05, 0.1) is 6.10 Å². The highest BCUT2D eigenvalue weighted by Crippen LogP contribution is 2.07. The van der Waals surface area contributed by atoms with E-state index in [-0.39, 0.29) is 6.10 Å². The molecule has 1 heteroatoms. The van der Waals surface area contributed by atoms with Gasteiger partial charge in [0.1, 0.15) is 0 Å². The van der Waals surface area contributed by atoms with Crippen LogP contribution in [0.1, 0.15) is 25.7 Å². The quantitative estimate of drug-likeness (QED) is 0.543. The van der Waals surface area contributed by atoms with Gasteiger partial charge in [-0.3, -0.25) is 0 Å². The third kappa shape index (κ3) is 2.83. The SMILES string of the molecule is OC1C/C=C\C=C/CCC1. The fourth-order valence-corrected chi connectivity index (χ4v) is 1.08. The Hall–Kier alpha value is -0.560. The lowest BCUT2D eigenvalue weighted by Crippen LogP contribution is -2.03. The third-order valence-corrected chi connectivity index (χ3v) is 1.70. The van der Waals surface area contributed by atoms with Crippen molar-refractivity contribution in [3.05, 3.63) is 24.3 Å². The summed E-state index contributed by atoms with van der Waals surface area (Å²) in [6, 6.07) is 0. The minimum Gasteiger partial charge on any atom is -0.393 e. The van der Waals surface area contributed by atoms with Crippen molar-refractivity contribution in [2.45, 2.75) is 31.8 Å². The van der Waals surface area contributed by atoms with Gasteiger partial charge in [0.15, 0.2) is 0 Å². The molecule has 1 atom stereocenters. The summed E-state index contributed by atoms with van der Waals surface area (Å²) in [5.74, 6) is 0. The minimum atomic E-state index is -0.115. The van der Waals surface area contributed by atoms with Crippen LogP contribution in [0.5, 0.6) is 0 Å². The van der Waals surface area contributed by atoms with E-state index in [9.17, 15) is 5.11 Å². The number of allylic oxidation sites excluding steroid dienone is 3. The Kier molecular flexibility index (Phi) is 3.23. The molecule has 1 nitrogen and oxygen atoms in total. The molecule has 0 aliphatic heterocycles. The summed E-state index contributed by atoms with van der Waals surface area (Å²) in [4.78, 5) is 0. The molecule has 1 unspecified atom stereocenters. The zero-order chi connectivity index (χ0) is 7.23. The molecular formula is C9H14O. The second kappa shape index (κ2) is 4.29. The van der Waals surface area contributed by atoms with E-state index in [4.69, 9.17) is 0 Å². The van der Waals surface area contributed by atoms with E-state index < -0.39 is 0 Å². The number of hydrogen-bond donors (Lipinski definition) is 1. The van der Waals surface area contributed by atoms with Crippen molar-refractivity contribution in [3.63, 3.8) is 0 Å². The molecule has 0 saturated heterocycles. The summed E-state index contributed by atoms with van der Waals surface area (Å²) >= 11 is 0. The van der Waals surface area contributed by atoms with Crippen LogP contribution in [-0.2, 0) is 0 Å². The molecule has 0 aromatic heterocycles. The standard InChI is InChI=1S/C9H14O/c10-9-7-5-3-1-2-4-6-8-9/h1-3,5,9-10H,4,6-8H2/b2-1-,5-3-. The molecule has 10 heavy (non-hydrogen) atoms. The van der Waals surface area contributed by atoms with E-state index in [0.717, 1.165) is 25.7 Å². The third-order valence-electron chi connectivity index (χ3n) is 1.70. The van der Waals surface area contributed by atoms with Crippen LogP contribution in [-0.4, -0.2) is 11.2 Å². The lowest BCUT2D eigenvalue weighted by molar-refractivity contribution is 0.165. The van der Waals surface area contributed by atoms with Crippen LogP contribution in [0.2, 0.25) is 0 Å². The Labute approximate surface area is 62.1 Å². The summed E-state index contributed by atoms with van der Waals surface area (Å²) in [6.45, 7) is 0. The van der Waals surface area contributed by atoms with Crippen molar-refractivity contribution in [2.24, 2.45) is 0 Å². The van der Waals surface area contributed by atoms with Crippen molar-refractivity contribution in [1.29, 1.82) is 0 Å². The molecule has 1 rings (SSSR count). The van der Waals surface area contributed by atoms with E-state index in [2.05, 4.69) is 12.2 Å². The lowest BCUT2D eigenvalue weighted by Gasteiger charge is -2.04. The zero-order valence-corrected chi connectivity index (χ0v) is 6.16. The van der Waals surface area contributed by atoms with Crippen molar-refractivity contribution < 1.29 is 5.11 Å². The van der Waals surface area contributed by atoms with Crippen molar-refractivity contribution >= 4 is 0 Å². The maximum atomic E-state index is 9.26. The Bertz CT molecular complexity index is 136. The number of aliphatic hydroxyl groups is 1. The first-order valence-electron chi connectivity index (χ1n) is 3.89. The van der Waals surface area contributed by atoms with Crippen LogP contribution < -0.4 is 0 Å². The topological polar surface area (TPSA) is 20.2 Å². The first kappa shape index (κ1) is 7.55. The Balaban J connectivity index is 2.37. The van der Waals surface area contributed by atoms with Gasteiger partial charge in [-0.05, 0) is 25.7 Å². The fraction of sp³-hybridized carbons (Fsp3) is 0.556. The number of rotatable bonds is 0. The first-order valence-corrected chi connectivity index (χ1v) is 3.89. The van der Waals surface area contributed by atoms with E-state index in [1.807, 2.05) is 12.2 Å². The van der Waals surface area contributed by atoms with Crippen LogP contribution in [0.25, 0.3) is 0 Å². The molecule has 0 heterocycles. The smallest absolute Gasteiger partial charge is 0.0574 e. The molecule has 0 bridgehead atoms. The Morgan fingerprint density at radius 1 is 1.20 bits per heavy atom. The highest BCUT2D eigenvalue weighted by Gasteiger charge is 2.00. The van der Waals surface area contributed by atoms with E-state index in [0.29, 0.717) is 0 Å². The van der Waals surface area contributed by atoms with Gasteiger partial charge in [-0.1, -0.05) is 24.3 Å². The minimum absolute atomic E-state index is 0.115. The van der Waals surface area contributed by atoms with Gasteiger partial charge < -0.3 is 5.11 Å². The predicted octanol–water partition coefficient (Wildman–Crippen LogP) is 2.03. The van der Waals surface area contributed by atoms with Gasteiger partial charge in [-0.2, -0.15) is 0 Å². The summed E-state index contributed by atoms with van der Waals surface area (Å²) in [5.41, 5.74) is 0. The molecule has 1 N–H and O–H groups in total. The monoisotopic (exact) mass is 138 g/mol. The predicted molar refractivity (Wildman–Crippen MR) is 42.8 cm³/mol. The molecule has 56 valence electrons. The van der Waals surface area contributed by atoms with Gasteiger partial charge in [-0.15, -0.1) is 0 Å². The lowest BCUT2D eigenvalue weighted by atomic mass is 10.1. The molecule has 0 fully saturated rings. The summed E-state index contributed by atoms with van der Waals surface area (Å²) < 4.78 is 0. The molecule has 0 radical (unpaired) electrons. The van der Waals surface area contributed by atoms with Crippen LogP contribution >= 0.6 is 0 Å². The van der Waals surface area contributed by atoms with Crippen molar-refractivity contribution in [1.82, 2.24) is 0 Å². The van der Waals surface area contributed by atoms with E-state index in [1.165, 1.54) is 0 Å². The molecule has 1 aliphatic carbocycles.